The lowest BCUT2D eigenvalue weighted by atomic mass is 9.97. The van der Waals surface area contributed by atoms with E-state index in [1.54, 1.807) is 0 Å². The Morgan fingerprint density at radius 3 is 1.70 bits per heavy atom. The molecule has 0 radical (unpaired) electrons. The molecular weight excluding hydrogens is 501 g/mol. The van der Waals surface area contributed by atoms with Gasteiger partial charge < -0.3 is 21.8 Å². The Morgan fingerprint density at radius 2 is 1.36 bits per heavy atom. The van der Waals surface area contributed by atoms with Gasteiger partial charge in [0.15, 0.2) is 30.2 Å². The van der Waals surface area contributed by atoms with Crippen LogP contribution in [-0.4, -0.2) is 68.4 Å². The minimum Gasteiger partial charge on any atom is -0.462 e. The van der Waals surface area contributed by atoms with Gasteiger partial charge in [-0.15, -0.1) is 0 Å². The molecule has 0 spiro atoms. The number of carbonyl (C=O) groups is 1. The van der Waals surface area contributed by atoms with Gasteiger partial charge in [0.25, 0.3) is 0 Å². The summed E-state index contributed by atoms with van der Waals surface area (Å²) in [7, 11) is -8.96. The third-order valence-corrected chi connectivity index (χ3v) is 17.8. The fraction of sp³-hybridized carbons (Fsp3) is 0.864. The zero-order valence-electron chi connectivity index (χ0n) is 23.4. The normalized spacial score (nSPS) is 20.6. The summed E-state index contributed by atoms with van der Waals surface area (Å²) in [5.74, 6) is -0.304. The van der Waals surface area contributed by atoms with Gasteiger partial charge in [0.05, 0.1) is 12.2 Å². The number of carbonyl (C=O) groups excluding carboxylic acids is 1. The molecule has 11 heteroatoms. The molecule has 0 amide bonds. The minimum absolute atomic E-state index is 0.304. The monoisotopic (exact) mass is 550 g/mol. The van der Waals surface area contributed by atoms with Crippen molar-refractivity contribution in [3.63, 3.8) is 0 Å². The first-order chi connectivity index (χ1) is 14.9. The molecule has 1 aliphatic rings. The quantitative estimate of drug-likeness (QED) is 0.147. The first-order valence-electron chi connectivity index (χ1n) is 12.5. The lowest BCUT2D eigenvalue weighted by Gasteiger charge is -2.53. The molecule has 6 nitrogen and oxygen atoms in total. The SMILES string of the molecule is CC(C)=C(C(=O)OCCC[SiH3])C1([Si](O[Si](C)(C)C)(O[Si](C)(C)C)O[Si](C)(C)C)CCCCO1. The molecule has 0 aliphatic carbocycles. The molecule has 0 saturated carbocycles. The molecule has 1 rings (SSSR count). The average Bonchev–Trinajstić information content (AvgIpc) is 2.57. The van der Waals surface area contributed by atoms with E-state index in [-0.39, 0.29) is 5.97 Å². The lowest BCUT2D eigenvalue weighted by molar-refractivity contribution is -0.143. The van der Waals surface area contributed by atoms with Crippen LogP contribution in [0.2, 0.25) is 65.0 Å². The van der Waals surface area contributed by atoms with E-state index in [1.165, 1.54) is 0 Å². The highest BCUT2D eigenvalue weighted by Gasteiger charge is 2.69. The van der Waals surface area contributed by atoms with Gasteiger partial charge in [0.2, 0.25) is 0 Å². The smallest absolute Gasteiger partial charge is 0.462 e. The van der Waals surface area contributed by atoms with Crippen molar-refractivity contribution in [2.75, 3.05) is 13.2 Å². The summed E-state index contributed by atoms with van der Waals surface area (Å²) in [6, 6.07) is 1.11. The van der Waals surface area contributed by atoms with Crippen molar-refractivity contribution in [1.82, 2.24) is 0 Å². The maximum absolute atomic E-state index is 13.6. The molecule has 1 heterocycles. The van der Waals surface area contributed by atoms with Gasteiger partial charge >= 0.3 is 14.8 Å². The van der Waals surface area contributed by atoms with Crippen LogP contribution in [0.5, 0.6) is 0 Å². The van der Waals surface area contributed by atoms with Crippen LogP contribution in [0.15, 0.2) is 11.1 Å². The lowest BCUT2D eigenvalue weighted by Crippen LogP contribution is -2.75. The number of hydrogen-bond donors (Lipinski definition) is 0. The zero-order chi connectivity index (χ0) is 25.7. The average molecular weight is 551 g/mol. The van der Waals surface area contributed by atoms with E-state index in [0.29, 0.717) is 25.2 Å². The second-order valence-electron chi connectivity index (χ2n) is 12.2. The van der Waals surface area contributed by atoms with Crippen LogP contribution in [0.25, 0.3) is 0 Å². The molecule has 0 aromatic heterocycles. The highest BCUT2D eigenvalue weighted by Crippen LogP contribution is 2.46. The van der Waals surface area contributed by atoms with E-state index < -0.39 is 39.0 Å². The van der Waals surface area contributed by atoms with Gasteiger partial charge in [-0.25, -0.2) is 4.79 Å². The van der Waals surface area contributed by atoms with Crippen LogP contribution in [0.3, 0.4) is 0 Å². The van der Waals surface area contributed by atoms with Crippen LogP contribution < -0.4 is 0 Å². The van der Waals surface area contributed by atoms with Crippen LogP contribution in [-0.2, 0) is 26.6 Å². The van der Waals surface area contributed by atoms with Gasteiger partial charge in [0, 0.05) is 16.8 Å². The van der Waals surface area contributed by atoms with Crippen LogP contribution in [0, 0.1) is 0 Å². The first-order valence-corrected chi connectivity index (χ1v) is 25.8. The minimum atomic E-state index is -3.58. The van der Waals surface area contributed by atoms with E-state index >= 15 is 0 Å². The van der Waals surface area contributed by atoms with E-state index in [2.05, 4.69) is 58.9 Å². The number of rotatable bonds is 12. The second kappa shape index (κ2) is 11.9. The van der Waals surface area contributed by atoms with Crippen molar-refractivity contribution in [1.29, 1.82) is 0 Å². The Kier molecular flexibility index (Phi) is 11.3. The van der Waals surface area contributed by atoms with E-state index in [4.69, 9.17) is 21.8 Å². The standard InChI is InChI=1S/C22H50O6Si5/c1-19(2)20(21(23)24-16-14-18-29)22(15-12-13-17-25-22)33(26-30(3,4)5,27-31(6,7)8)28-32(9,10)11/h12-18H2,1-11,29H3. The maximum atomic E-state index is 13.6. The molecule has 1 unspecified atom stereocenters. The Morgan fingerprint density at radius 1 is 0.879 bits per heavy atom. The van der Waals surface area contributed by atoms with E-state index in [9.17, 15) is 4.79 Å². The summed E-state index contributed by atoms with van der Waals surface area (Å²) in [4.78, 5) is 13.6. The van der Waals surface area contributed by atoms with Crippen molar-refractivity contribution < 1.29 is 26.6 Å². The summed E-state index contributed by atoms with van der Waals surface area (Å²) < 4.78 is 33.7. The highest BCUT2D eigenvalue weighted by atomic mass is 28.5. The first kappa shape index (κ1) is 31.2. The molecule has 1 atom stereocenters. The van der Waals surface area contributed by atoms with Crippen molar-refractivity contribution in [3.05, 3.63) is 11.1 Å². The molecule has 0 N–H and O–H groups in total. The maximum Gasteiger partial charge on any atom is 0.508 e. The summed E-state index contributed by atoms with van der Waals surface area (Å²) in [6.07, 6.45) is 3.42. The summed E-state index contributed by atoms with van der Waals surface area (Å²) in [6.45, 7) is 24.4. The highest BCUT2D eigenvalue weighted by molar-refractivity contribution is 6.91. The third-order valence-electron chi connectivity index (χ3n) is 4.93. The number of hydrogen-bond acceptors (Lipinski definition) is 6. The molecule has 0 aromatic carbocycles. The van der Waals surface area contributed by atoms with Gasteiger partial charge in [-0.2, -0.15) is 0 Å². The molecular formula is C22H50O6Si5. The summed E-state index contributed by atoms with van der Waals surface area (Å²) in [5, 5.41) is -1.04. The topological polar surface area (TPSA) is 63.2 Å². The zero-order valence-corrected chi connectivity index (χ0v) is 29.4. The van der Waals surface area contributed by atoms with Gasteiger partial charge in [-0.05, 0) is 98.5 Å². The predicted molar refractivity (Wildman–Crippen MR) is 150 cm³/mol. The summed E-state index contributed by atoms with van der Waals surface area (Å²) in [5.41, 5.74) is 1.46. The van der Waals surface area contributed by atoms with Crippen LogP contribution >= 0.6 is 0 Å². The molecule has 194 valence electrons. The van der Waals surface area contributed by atoms with Gasteiger partial charge in [0.1, 0.15) is 0 Å². The molecule has 1 saturated heterocycles. The van der Waals surface area contributed by atoms with Crippen molar-refractivity contribution in [3.8, 4) is 0 Å². The Labute approximate surface area is 210 Å². The van der Waals surface area contributed by atoms with Crippen LogP contribution in [0.4, 0.5) is 0 Å². The van der Waals surface area contributed by atoms with Gasteiger partial charge in [-0.3, -0.25) is 0 Å². The molecule has 33 heavy (non-hydrogen) atoms. The molecule has 0 bridgehead atoms. The second-order valence-corrected chi connectivity index (χ2v) is 30.2. The molecule has 1 aliphatic heterocycles. The Balaban J connectivity index is 3.90. The van der Waals surface area contributed by atoms with Gasteiger partial charge in [-0.1, -0.05) is 11.6 Å². The Hall–Kier alpha value is 0.134. The predicted octanol–water partition coefficient (Wildman–Crippen LogP) is 5.01. The molecule has 1 fully saturated rings. The molecule has 0 aromatic rings. The third kappa shape index (κ3) is 9.26. The van der Waals surface area contributed by atoms with Crippen molar-refractivity contribution in [2.45, 2.75) is 110 Å². The largest absolute Gasteiger partial charge is 0.508 e. The van der Waals surface area contributed by atoms with E-state index in [0.717, 1.165) is 41.1 Å². The number of allylic oxidation sites excluding steroid dienone is 1. The van der Waals surface area contributed by atoms with E-state index in [1.807, 2.05) is 13.8 Å². The fourth-order valence-electron chi connectivity index (χ4n) is 4.06. The van der Waals surface area contributed by atoms with Crippen LogP contribution in [0.1, 0.15) is 39.5 Å². The Bertz CT molecular complexity index is 640. The number of ether oxygens (including phenoxy) is 2. The van der Waals surface area contributed by atoms with Crippen molar-refractivity contribution in [2.24, 2.45) is 0 Å². The van der Waals surface area contributed by atoms with Crippen molar-refractivity contribution >= 4 is 50.0 Å². The number of esters is 1. The fourth-order valence-corrected chi connectivity index (χ4v) is 19.0. The summed E-state index contributed by atoms with van der Waals surface area (Å²) >= 11 is 0.